The van der Waals surface area contributed by atoms with Crippen molar-refractivity contribution in [2.24, 2.45) is 0 Å². The minimum atomic E-state index is -0.844. The number of esters is 1. The van der Waals surface area contributed by atoms with Gasteiger partial charge in [-0.05, 0) is 57.8 Å². The van der Waals surface area contributed by atoms with Crippen molar-refractivity contribution in [3.8, 4) is 0 Å². The Bertz CT molecular complexity index is 1090. The molecule has 0 radical (unpaired) electrons. The van der Waals surface area contributed by atoms with Crippen LogP contribution in [0.5, 0.6) is 0 Å². The molecule has 6 nitrogen and oxygen atoms in total. The van der Waals surface area contributed by atoms with Gasteiger partial charge in [-0.1, -0.05) is 301 Å². The molecule has 414 valence electrons. The zero-order valence-corrected chi connectivity index (χ0v) is 47.3. The van der Waals surface area contributed by atoms with Gasteiger partial charge >= 0.3 is 5.97 Å². The van der Waals surface area contributed by atoms with E-state index in [4.69, 9.17) is 4.74 Å². The standard InChI is InChI=1S/C64H123NO5/c1-3-5-7-9-11-13-15-16-17-18-29-32-35-38-42-46-50-54-58-64(69)70-59-55-51-47-43-39-36-33-30-27-25-23-21-19-20-22-24-26-28-31-34-37-41-45-49-53-57-63(68)65-61(60-66)62(67)56-52-48-44-40-14-12-10-8-6-4-2/h20,22,52,56,61-62,66-67H,3-19,21,23-51,53-55,57-60H2,1-2H3,(H,65,68)/b22-20-,56-52+. The number of unbranched alkanes of at least 4 members (excludes halogenated alkanes) is 46. The normalized spacial score (nSPS) is 12.7. The van der Waals surface area contributed by atoms with Crippen LogP contribution in [0.1, 0.15) is 348 Å². The molecule has 0 saturated heterocycles. The molecule has 6 heteroatoms. The highest BCUT2D eigenvalue weighted by Gasteiger charge is 2.18. The maximum atomic E-state index is 12.4. The van der Waals surface area contributed by atoms with E-state index >= 15 is 0 Å². The molecule has 0 aromatic carbocycles. The average molecular weight is 987 g/mol. The first-order valence-electron chi connectivity index (χ1n) is 31.6. The van der Waals surface area contributed by atoms with Crippen LogP contribution in [0.25, 0.3) is 0 Å². The highest BCUT2D eigenvalue weighted by atomic mass is 16.5. The van der Waals surface area contributed by atoms with Crippen LogP contribution in [-0.4, -0.2) is 47.4 Å². The van der Waals surface area contributed by atoms with E-state index in [1.54, 1.807) is 6.08 Å². The molecule has 0 saturated carbocycles. The first-order chi connectivity index (χ1) is 34.5. The van der Waals surface area contributed by atoms with Gasteiger partial charge in [0, 0.05) is 12.8 Å². The van der Waals surface area contributed by atoms with E-state index in [0.29, 0.717) is 19.4 Å². The Hall–Kier alpha value is -1.66. The van der Waals surface area contributed by atoms with Gasteiger partial charge in [-0.25, -0.2) is 0 Å². The second-order valence-electron chi connectivity index (χ2n) is 21.7. The first-order valence-corrected chi connectivity index (χ1v) is 31.6. The molecular formula is C64H123NO5. The van der Waals surface area contributed by atoms with Crippen LogP contribution in [0.15, 0.2) is 24.3 Å². The van der Waals surface area contributed by atoms with Crippen LogP contribution in [-0.2, 0) is 14.3 Å². The molecule has 0 heterocycles. The number of amides is 1. The van der Waals surface area contributed by atoms with E-state index < -0.39 is 12.1 Å². The summed E-state index contributed by atoms with van der Waals surface area (Å²) >= 11 is 0. The molecule has 2 unspecified atom stereocenters. The number of aliphatic hydroxyl groups excluding tert-OH is 2. The van der Waals surface area contributed by atoms with Gasteiger partial charge in [-0.3, -0.25) is 9.59 Å². The topological polar surface area (TPSA) is 95.9 Å². The summed E-state index contributed by atoms with van der Waals surface area (Å²) in [7, 11) is 0. The summed E-state index contributed by atoms with van der Waals surface area (Å²) < 4.78 is 5.50. The number of nitrogens with one attached hydrogen (secondary N) is 1. The summed E-state index contributed by atoms with van der Waals surface area (Å²) in [5.41, 5.74) is 0. The lowest BCUT2D eigenvalue weighted by Gasteiger charge is -2.20. The number of carbonyl (C=O) groups is 2. The largest absolute Gasteiger partial charge is 0.466 e. The first kappa shape index (κ1) is 68.3. The summed E-state index contributed by atoms with van der Waals surface area (Å²) in [5.74, 6) is -0.0545. The van der Waals surface area contributed by atoms with Crippen LogP contribution in [0.3, 0.4) is 0 Å². The van der Waals surface area contributed by atoms with Crippen molar-refractivity contribution in [2.75, 3.05) is 13.2 Å². The fourth-order valence-corrected chi connectivity index (χ4v) is 9.87. The number of hydrogen-bond donors (Lipinski definition) is 3. The SMILES string of the molecule is CCCCCCCCCC/C=C/C(O)C(CO)NC(=O)CCCCCCCCCCC/C=C\CCCCCCCCCCCCCCOC(=O)CCCCCCCCCCCCCCCCCCCC. The molecule has 0 aliphatic rings. The summed E-state index contributed by atoms with van der Waals surface area (Å²) in [6.07, 6.45) is 73.8. The summed E-state index contributed by atoms with van der Waals surface area (Å²) in [4.78, 5) is 24.5. The molecule has 0 rings (SSSR count). The maximum absolute atomic E-state index is 12.4. The van der Waals surface area contributed by atoms with E-state index in [9.17, 15) is 19.8 Å². The van der Waals surface area contributed by atoms with Crippen molar-refractivity contribution in [3.05, 3.63) is 24.3 Å². The molecule has 0 aliphatic heterocycles. The Morgan fingerprint density at radius 2 is 0.671 bits per heavy atom. The van der Waals surface area contributed by atoms with E-state index in [1.165, 1.54) is 283 Å². The fraction of sp³-hybridized carbons (Fsp3) is 0.906. The lowest BCUT2D eigenvalue weighted by Crippen LogP contribution is -2.45. The van der Waals surface area contributed by atoms with E-state index in [2.05, 4.69) is 31.3 Å². The molecule has 0 aliphatic carbocycles. The van der Waals surface area contributed by atoms with E-state index in [0.717, 1.165) is 38.5 Å². The number of carbonyl (C=O) groups excluding carboxylic acids is 2. The Labute approximate surface area is 437 Å². The minimum Gasteiger partial charge on any atom is -0.466 e. The van der Waals surface area contributed by atoms with E-state index in [1.807, 2.05) is 6.08 Å². The predicted octanol–water partition coefficient (Wildman–Crippen LogP) is 19.8. The van der Waals surface area contributed by atoms with Crippen LogP contribution in [0.2, 0.25) is 0 Å². The van der Waals surface area contributed by atoms with Gasteiger partial charge in [0.15, 0.2) is 0 Å². The Morgan fingerprint density at radius 1 is 0.386 bits per heavy atom. The van der Waals surface area contributed by atoms with Gasteiger partial charge in [-0.2, -0.15) is 0 Å². The molecule has 0 aromatic rings. The van der Waals surface area contributed by atoms with Crippen molar-refractivity contribution in [2.45, 2.75) is 360 Å². The number of rotatable bonds is 59. The quantitative estimate of drug-likeness (QED) is 0.0321. The molecule has 1 amide bonds. The van der Waals surface area contributed by atoms with Crippen molar-refractivity contribution in [1.29, 1.82) is 0 Å². The van der Waals surface area contributed by atoms with Crippen LogP contribution < -0.4 is 5.32 Å². The number of hydrogen-bond acceptors (Lipinski definition) is 5. The van der Waals surface area contributed by atoms with Crippen molar-refractivity contribution < 1.29 is 24.5 Å². The van der Waals surface area contributed by atoms with Crippen LogP contribution in [0.4, 0.5) is 0 Å². The molecule has 0 spiro atoms. The van der Waals surface area contributed by atoms with E-state index in [-0.39, 0.29) is 18.5 Å². The molecule has 0 fully saturated rings. The van der Waals surface area contributed by atoms with Crippen molar-refractivity contribution in [3.63, 3.8) is 0 Å². The monoisotopic (exact) mass is 986 g/mol. The van der Waals surface area contributed by atoms with Gasteiger partial charge in [0.25, 0.3) is 0 Å². The number of aliphatic hydroxyl groups is 2. The van der Waals surface area contributed by atoms with Gasteiger partial charge in [-0.15, -0.1) is 0 Å². The third kappa shape index (κ3) is 55.7. The molecule has 0 bridgehead atoms. The zero-order valence-electron chi connectivity index (χ0n) is 47.3. The molecule has 2 atom stereocenters. The van der Waals surface area contributed by atoms with Gasteiger partial charge < -0.3 is 20.3 Å². The third-order valence-electron chi connectivity index (χ3n) is 14.7. The smallest absolute Gasteiger partial charge is 0.305 e. The number of allylic oxidation sites excluding steroid dienone is 3. The molecule has 0 aromatic heterocycles. The molecule has 3 N–H and O–H groups in total. The predicted molar refractivity (Wildman–Crippen MR) is 306 cm³/mol. The third-order valence-corrected chi connectivity index (χ3v) is 14.7. The Morgan fingerprint density at radius 3 is 1.01 bits per heavy atom. The fourth-order valence-electron chi connectivity index (χ4n) is 9.87. The van der Waals surface area contributed by atoms with Crippen LogP contribution >= 0.6 is 0 Å². The zero-order chi connectivity index (χ0) is 50.7. The highest BCUT2D eigenvalue weighted by molar-refractivity contribution is 5.76. The number of ether oxygens (including phenoxy) is 1. The van der Waals surface area contributed by atoms with Gasteiger partial charge in [0.05, 0.1) is 25.4 Å². The highest BCUT2D eigenvalue weighted by Crippen LogP contribution is 2.17. The summed E-state index contributed by atoms with van der Waals surface area (Å²) in [6, 6.07) is -0.628. The molecular weight excluding hydrogens is 863 g/mol. The lowest BCUT2D eigenvalue weighted by atomic mass is 10.0. The Balaban J connectivity index is 3.36. The van der Waals surface area contributed by atoms with Gasteiger partial charge in [0.1, 0.15) is 0 Å². The molecule has 70 heavy (non-hydrogen) atoms. The van der Waals surface area contributed by atoms with Crippen molar-refractivity contribution >= 4 is 11.9 Å². The maximum Gasteiger partial charge on any atom is 0.305 e. The summed E-state index contributed by atoms with van der Waals surface area (Å²) in [5, 5.41) is 23.0. The van der Waals surface area contributed by atoms with Crippen molar-refractivity contribution in [1.82, 2.24) is 5.32 Å². The second-order valence-corrected chi connectivity index (χ2v) is 21.7. The average Bonchev–Trinajstić information content (AvgIpc) is 3.36. The Kier molecular flexibility index (Phi) is 58.5. The minimum absolute atomic E-state index is 0.0176. The second kappa shape index (κ2) is 59.9. The van der Waals surface area contributed by atoms with Gasteiger partial charge in [0.2, 0.25) is 5.91 Å². The van der Waals surface area contributed by atoms with Crippen LogP contribution in [0, 0.1) is 0 Å². The summed E-state index contributed by atoms with van der Waals surface area (Å²) in [6.45, 7) is 4.91. The lowest BCUT2D eigenvalue weighted by molar-refractivity contribution is -0.143.